The first-order valence-electron chi connectivity index (χ1n) is 8.96. The van der Waals surface area contributed by atoms with Gasteiger partial charge in [0.1, 0.15) is 27.1 Å². The Hall–Kier alpha value is -3.04. The van der Waals surface area contributed by atoms with Gasteiger partial charge in [-0.05, 0) is 60.8 Å². The molecule has 0 spiro atoms. The number of aromatic nitrogens is 6. The molecule has 29 heavy (non-hydrogen) atoms. The molecule has 0 saturated heterocycles. The minimum absolute atomic E-state index is 0.504. The van der Waals surface area contributed by atoms with Crippen LogP contribution < -0.4 is 0 Å². The first-order valence-corrected chi connectivity index (χ1v) is 10.7. The average molecular weight is 421 g/mol. The maximum Gasteiger partial charge on any atom is 0.198 e. The van der Waals surface area contributed by atoms with Gasteiger partial charge in [0, 0.05) is 11.6 Å². The van der Waals surface area contributed by atoms with E-state index in [1.165, 1.54) is 11.8 Å². The number of rotatable bonds is 5. The molecule has 0 aliphatic carbocycles. The fourth-order valence-corrected chi connectivity index (χ4v) is 5.14. The summed E-state index contributed by atoms with van der Waals surface area (Å²) in [6, 6.07) is 9.55. The van der Waals surface area contributed by atoms with Gasteiger partial charge < -0.3 is 4.42 Å². The third kappa shape index (κ3) is 3.43. The molecule has 0 amide bonds. The van der Waals surface area contributed by atoms with Crippen molar-refractivity contribution >= 4 is 33.3 Å². The molecule has 0 N–H and O–H groups in total. The molecule has 0 saturated carbocycles. The van der Waals surface area contributed by atoms with Crippen molar-refractivity contribution in [1.82, 2.24) is 29.7 Å². The lowest BCUT2D eigenvalue weighted by Crippen LogP contribution is -2.04. The first kappa shape index (κ1) is 18.0. The Labute approximate surface area is 174 Å². The largest absolute Gasteiger partial charge is 0.467 e. The standard InChI is InChI=1S/C20H16N6OS2/c1-12-11-28-18-16(12)19(23-13(2)22-18)29-20-25-24-17(15-7-3-4-8-21-15)26(20)10-14-6-5-9-27-14/h3-9,11H,10H2,1-2H3. The molecular formula is C20H16N6OS2. The minimum atomic E-state index is 0.504. The average Bonchev–Trinajstić information content (AvgIpc) is 3.45. The van der Waals surface area contributed by atoms with E-state index in [4.69, 9.17) is 4.42 Å². The summed E-state index contributed by atoms with van der Waals surface area (Å²) in [6.45, 7) is 4.49. The Morgan fingerprint density at radius 2 is 2.03 bits per heavy atom. The Bertz CT molecular complexity index is 1280. The predicted octanol–water partition coefficient (Wildman–Crippen LogP) is 4.75. The van der Waals surface area contributed by atoms with Crippen LogP contribution in [0.15, 0.2) is 62.8 Å². The summed E-state index contributed by atoms with van der Waals surface area (Å²) in [5, 5.41) is 13.7. The van der Waals surface area contributed by atoms with Crippen LogP contribution in [0.25, 0.3) is 21.7 Å². The second kappa shape index (κ2) is 7.41. The fraction of sp³-hybridized carbons (Fsp3) is 0.150. The molecule has 5 heterocycles. The monoisotopic (exact) mass is 420 g/mol. The number of fused-ring (bicyclic) bond motifs is 1. The molecule has 0 fully saturated rings. The van der Waals surface area contributed by atoms with Gasteiger partial charge in [0.2, 0.25) is 0 Å². The highest BCUT2D eigenvalue weighted by molar-refractivity contribution is 7.99. The van der Waals surface area contributed by atoms with Crippen LogP contribution in [-0.4, -0.2) is 29.7 Å². The molecule has 0 aliphatic heterocycles. The lowest BCUT2D eigenvalue weighted by Gasteiger charge is -2.09. The minimum Gasteiger partial charge on any atom is -0.467 e. The van der Waals surface area contributed by atoms with E-state index in [0.717, 1.165) is 43.2 Å². The fourth-order valence-electron chi connectivity index (χ4n) is 3.06. The van der Waals surface area contributed by atoms with Gasteiger partial charge in [-0.1, -0.05) is 6.07 Å². The molecule has 0 aliphatic rings. The molecule has 144 valence electrons. The van der Waals surface area contributed by atoms with Crippen molar-refractivity contribution in [2.75, 3.05) is 0 Å². The van der Waals surface area contributed by atoms with Crippen LogP contribution >= 0.6 is 23.1 Å². The zero-order chi connectivity index (χ0) is 19.8. The van der Waals surface area contributed by atoms with E-state index < -0.39 is 0 Å². The van der Waals surface area contributed by atoms with Gasteiger partial charge in [0.05, 0.1) is 12.8 Å². The van der Waals surface area contributed by atoms with Crippen LogP contribution in [0, 0.1) is 13.8 Å². The molecule has 9 heteroatoms. The van der Waals surface area contributed by atoms with Crippen LogP contribution in [0.2, 0.25) is 0 Å². The van der Waals surface area contributed by atoms with Crippen LogP contribution in [-0.2, 0) is 6.54 Å². The third-order valence-electron chi connectivity index (χ3n) is 4.39. The topological polar surface area (TPSA) is 82.5 Å². The molecular weight excluding hydrogens is 404 g/mol. The molecule has 0 bridgehead atoms. The summed E-state index contributed by atoms with van der Waals surface area (Å²) in [5.41, 5.74) is 1.92. The normalized spacial score (nSPS) is 11.4. The lowest BCUT2D eigenvalue weighted by molar-refractivity contribution is 0.485. The van der Waals surface area contributed by atoms with Crippen molar-refractivity contribution in [2.45, 2.75) is 30.6 Å². The number of hydrogen-bond acceptors (Lipinski definition) is 8. The number of hydrogen-bond donors (Lipinski definition) is 0. The van der Waals surface area contributed by atoms with Gasteiger partial charge in [0.15, 0.2) is 11.0 Å². The maximum absolute atomic E-state index is 5.57. The second-order valence-corrected chi connectivity index (χ2v) is 8.28. The smallest absolute Gasteiger partial charge is 0.198 e. The summed E-state index contributed by atoms with van der Waals surface area (Å²) < 4.78 is 7.58. The molecule has 5 aromatic heterocycles. The zero-order valence-electron chi connectivity index (χ0n) is 15.7. The highest BCUT2D eigenvalue weighted by atomic mass is 32.2. The Balaban J connectivity index is 1.62. The van der Waals surface area contributed by atoms with Crippen molar-refractivity contribution in [3.63, 3.8) is 0 Å². The number of furan rings is 1. The number of aryl methyl sites for hydroxylation is 2. The second-order valence-electron chi connectivity index (χ2n) is 6.46. The van der Waals surface area contributed by atoms with E-state index in [1.807, 2.05) is 41.8 Å². The first-order chi connectivity index (χ1) is 14.2. The van der Waals surface area contributed by atoms with Gasteiger partial charge in [-0.25, -0.2) is 9.97 Å². The van der Waals surface area contributed by atoms with Crippen LogP contribution in [0.4, 0.5) is 0 Å². The summed E-state index contributed by atoms with van der Waals surface area (Å²) in [7, 11) is 0. The van der Waals surface area contributed by atoms with Gasteiger partial charge in [-0.15, -0.1) is 21.5 Å². The molecule has 7 nitrogen and oxygen atoms in total. The van der Waals surface area contributed by atoms with Crippen LogP contribution in [0.3, 0.4) is 0 Å². The van der Waals surface area contributed by atoms with Crippen molar-refractivity contribution in [3.05, 3.63) is 65.3 Å². The highest BCUT2D eigenvalue weighted by Crippen LogP contribution is 2.36. The number of pyridine rings is 1. The quantitative estimate of drug-likeness (QED) is 0.379. The van der Waals surface area contributed by atoms with Crippen molar-refractivity contribution in [1.29, 1.82) is 0 Å². The number of nitrogens with zero attached hydrogens (tertiary/aromatic N) is 6. The van der Waals surface area contributed by atoms with Gasteiger partial charge in [-0.2, -0.15) is 0 Å². The summed E-state index contributed by atoms with van der Waals surface area (Å²) in [6.07, 6.45) is 3.42. The Morgan fingerprint density at radius 3 is 2.83 bits per heavy atom. The molecule has 5 aromatic rings. The number of thiophene rings is 1. The van der Waals surface area contributed by atoms with Crippen molar-refractivity contribution in [3.8, 4) is 11.5 Å². The maximum atomic E-state index is 5.57. The van der Waals surface area contributed by atoms with Crippen molar-refractivity contribution in [2.24, 2.45) is 0 Å². The van der Waals surface area contributed by atoms with Gasteiger partial charge in [-0.3, -0.25) is 9.55 Å². The summed E-state index contributed by atoms with van der Waals surface area (Å²) >= 11 is 3.12. The van der Waals surface area contributed by atoms with Gasteiger partial charge in [0.25, 0.3) is 0 Å². The summed E-state index contributed by atoms with van der Waals surface area (Å²) in [5.74, 6) is 2.25. The van der Waals surface area contributed by atoms with E-state index in [2.05, 4.69) is 37.5 Å². The molecule has 0 radical (unpaired) electrons. The predicted molar refractivity (Wildman–Crippen MR) is 112 cm³/mol. The highest BCUT2D eigenvalue weighted by Gasteiger charge is 2.20. The van der Waals surface area contributed by atoms with Gasteiger partial charge >= 0.3 is 0 Å². The summed E-state index contributed by atoms with van der Waals surface area (Å²) in [4.78, 5) is 14.7. The molecule has 0 unspecified atom stereocenters. The van der Waals surface area contributed by atoms with E-state index >= 15 is 0 Å². The SMILES string of the molecule is Cc1nc(Sc2nnc(-c3ccccn3)n2Cc2ccco2)c2c(C)csc2n1. The lowest BCUT2D eigenvalue weighted by atomic mass is 10.3. The van der Waals surface area contributed by atoms with Crippen LogP contribution in [0.5, 0.6) is 0 Å². The molecule has 5 rings (SSSR count). The van der Waals surface area contributed by atoms with E-state index in [0.29, 0.717) is 12.4 Å². The van der Waals surface area contributed by atoms with Crippen molar-refractivity contribution < 1.29 is 4.42 Å². The molecule has 0 aromatic carbocycles. The van der Waals surface area contributed by atoms with E-state index in [9.17, 15) is 0 Å². The van der Waals surface area contributed by atoms with E-state index in [1.54, 1.807) is 23.8 Å². The zero-order valence-corrected chi connectivity index (χ0v) is 17.4. The van der Waals surface area contributed by atoms with E-state index in [-0.39, 0.29) is 0 Å². The Kier molecular flexibility index (Phi) is 4.61. The molecule has 0 atom stereocenters. The third-order valence-corrected chi connectivity index (χ3v) is 6.35. The van der Waals surface area contributed by atoms with Crippen LogP contribution in [0.1, 0.15) is 17.1 Å². The Morgan fingerprint density at radius 1 is 1.10 bits per heavy atom.